The van der Waals surface area contributed by atoms with Crippen molar-refractivity contribution in [2.45, 2.75) is 18.7 Å². The minimum Gasteiger partial charge on any atom is -0.443 e. The Morgan fingerprint density at radius 2 is 2.00 bits per heavy atom. The molecule has 5 nitrogen and oxygen atoms in total. The van der Waals surface area contributed by atoms with Crippen molar-refractivity contribution in [2.75, 3.05) is 10.8 Å². The molecule has 3 aromatic rings. The zero-order valence-electron chi connectivity index (χ0n) is 12.4. The highest BCUT2D eigenvalue weighted by Crippen LogP contribution is 2.26. The Labute approximate surface area is 129 Å². The lowest BCUT2D eigenvalue weighted by atomic mass is 10.2. The number of anilines is 1. The summed E-state index contributed by atoms with van der Waals surface area (Å²) in [5.41, 5.74) is 2.76. The number of oxazole rings is 1. The van der Waals surface area contributed by atoms with Gasteiger partial charge in [-0.25, -0.2) is 13.4 Å². The molecule has 22 heavy (non-hydrogen) atoms. The predicted octanol–water partition coefficient (Wildman–Crippen LogP) is 3.35. The average Bonchev–Trinajstić information content (AvgIpc) is 2.95. The van der Waals surface area contributed by atoms with Crippen LogP contribution < -0.4 is 4.31 Å². The fraction of sp³-hybridized carbons (Fsp3) is 0.188. The Hall–Kier alpha value is -2.34. The summed E-state index contributed by atoms with van der Waals surface area (Å²) in [7, 11) is -3.64. The van der Waals surface area contributed by atoms with Crippen LogP contribution in [0.5, 0.6) is 0 Å². The molecule has 2 aromatic carbocycles. The number of hydrogen-bond donors (Lipinski definition) is 0. The largest absolute Gasteiger partial charge is 0.443 e. The van der Waals surface area contributed by atoms with E-state index in [0.29, 0.717) is 23.3 Å². The van der Waals surface area contributed by atoms with Crippen molar-refractivity contribution in [3.05, 3.63) is 54.4 Å². The van der Waals surface area contributed by atoms with Gasteiger partial charge in [-0.15, -0.1) is 0 Å². The van der Waals surface area contributed by atoms with E-state index in [1.807, 2.05) is 32.0 Å². The predicted molar refractivity (Wildman–Crippen MR) is 85.4 cm³/mol. The van der Waals surface area contributed by atoms with Crippen LogP contribution in [0.1, 0.15) is 12.5 Å². The minimum absolute atomic E-state index is 0.195. The third-order valence-corrected chi connectivity index (χ3v) is 5.37. The first-order valence-corrected chi connectivity index (χ1v) is 8.39. The number of aryl methyl sites for hydroxylation is 1. The SMILES string of the molecule is CCN(c1cccc(C)c1)S(=O)(=O)c1ccc2ncoc2c1. The molecule has 6 heteroatoms. The molecular formula is C16H16N2O3S. The number of sulfonamides is 1. The third-order valence-electron chi connectivity index (χ3n) is 3.47. The Bertz CT molecular complexity index is 916. The maximum absolute atomic E-state index is 12.9. The zero-order chi connectivity index (χ0) is 15.7. The van der Waals surface area contributed by atoms with Crippen LogP contribution in [0, 0.1) is 6.92 Å². The van der Waals surface area contributed by atoms with E-state index in [9.17, 15) is 8.42 Å². The van der Waals surface area contributed by atoms with Gasteiger partial charge in [0.2, 0.25) is 0 Å². The lowest BCUT2D eigenvalue weighted by Crippen LogP contribution is -2.30. The van der Waals surface area contributed by atoms with Crippen molar-refractivity contribution in [3.63, 3.8) is 0 Å². The third kappa shape index (κ3) is 2.46. The van der Waals surface area contributed by atoms with Crippen LogP contribution in [-0.4, -0.2) is 19.9 Å². The summed E-state index contributed by atoms with van der Waals surface area (Å²) in [4.78, 5) is 4.20. The van der Waals surface area contributed by atoms with E-state index >= 15 is 0 Å². The van der Waals surface area contributed by atoms with E-state index in [1.165, 1.54) is 16.8 Å². The molecular weight excluding hydrogens is 300 g/mol. The van der Waals surface area contributed by atoms with Gasteiger partial charge in [0.25, 0.3) is 10.0 Å². The molecule has 0 aliphatic rings. The van der Waals surface area contributed by atoms with Crippen LogP contribution >= 0.6 is 0 Å². The maximum Gasteiger partial charge on any atom is 0.264 e. The van der Waals surface area contributed by atoms with E-state index in [2.05, 4.69) is 4.98 Å². The summed E-state index contributed by atoms with van der Waals surface area (Å²) in [6.45, 7) is 4.09. The number of hydrogen-bond acceptors (Lipinski definition) is 4. The van der Waals surface area contributed by atoms with Crippen molar-refractivity contribution in [1.82, 2.24) is 4.98 Å². The molecule has 0 aliphatic heterocycles. The molecule has 0 atom stereocenters. The Balaban J connectivity index is 2.09. The standard InChI is InChI=1S/C16H16N2O3S/c1-3-18(13-6-4-5-12(2)9-13)22(19,20)14-7-8-15-16(10-14)21-11-17-15/h4-11H,3H2,1-2H3. The van der Waals surface area contributed by atoms with Gasteiger partial charge >= 0.3 is 0 Å². The average molecular weight is 316 g/mol. The molecule has 0 bridgehead atoms. The first-order valence-electron chi connectivity index (χ1n) is 6.95. The maximum atomic E-state index is 12.9. The van der Waals surface area contributed by atoms with Crippen molar-refractivity contribution in [1.29, 1.82) is 0 Å². The summed E-state index contributed by atoms with van der Waals surface area (Å²) < 4.78 is 32.4. The van der Waals surface area contributed by atoms with Crippen molar-refractivity contribution < 1.29 is 12.8 Å². The smallest absolute Gasteiger partial charge is 0.264 e. The molecule has 1 aromatic heterocycles. The Morgan fingerprint density at radius 3 is 2.73 bits per heavy atom. The molecule has 1 heterocycles. The second-order valence-electron chi connectivity index (χ2n) is 4.99. The quantitative estimate of drug-likeness (QED) is 0.740. The summed E-state index contributed by atoms with van der Waals surface area (Å²) in [5, 5.41) is 0. The molecule has 0 fully saturated rings. The molecule has 0 N–H and O–H groups in total. The topological polar surface area (TPSA) is 63.4 Å². The highest BCUT2D eigenvalue weighted by atomic mass is 32.2. The van der Waals surface area contributed by atoms with Gasteiger partial charge in [-0.1, -0.05) is 12.1 Å². The van der Waals surface area contributed by atoms with Crippen molar-refractivity contribution in [3.8, 4) is 0 Å². The van der Waals surface area contributed by atoms with Gasteiger partial charge in [0.15, 0.2) is 12.0 Å². The lowest BCUT2D eigenvalue weighted by Gasteiger charge is -2.23. The molecule has 3 rings (SSSR count). The van der Waals surface area contributed by atoms with Crippen LogP contribution in [0.25, 0.3) is 11.1 Å². The second-order valence-corrected chi connectivity index (χ2v) is 6.85. The fourth-order valence-corrected chi connectivity index (χ4v) is 3.88. The monoisotopic (exact) mass is 316 g/mol. The van der Waals surface area contributed by atoms with Gasteiger partial charge in [0, 0.05) is 12.6 Å². The number of rotatable bonds is 4. The molecule has 0 saturated heterocycles. The molecule has 114 valence electrons. The molecule has 0 saturated carbocycles. The van der Waals surface area contributed by atoms with Gasteiger partial charge in [-0.2, -0.15) is 0 Å². The number of aromatic nitrogens is 1. The molecule has 0 amide bonds. The van der Waals surface area contributed by atoms with Gasteiger partial charge < -0.3 is 4.42 Å². The van der Waals surface area contributed by atoms with Gasteiger partial charge in [-0.3, -0.25) is 4.31 Å². The van der Waals surface area contributed by atoms with Crippen LogP contribution in [0.2, 0.25) is 0 Å². The highest BCUT2D eigenvalue weighted by molar-refractivity contribution is 7.92. The Kier molecular flexibility index (Phi) is 3.62. The molecule has 0 radical (unpaired) electrons. The normalized spacial score (nSPS) is 11.7. The van der Waals surface area contributed by atoms with E-state index < -0.39 is 10.0 Å². The molecule has 0 aliphatic carbocycles. The van der Waals surface area contributed by atoms with E-state index in [-0.39, 0.29) is 4.90 Å². The molecule has 0 unspecified atom stereocenters. The highest BCUT2D eigenvalue weighted by Gasteiger charge is 2.24. The van der Waals surface area contributed by atoms with Crippen LogP contribution in [0.3, 0.4) is 0 Å². The van der Waals surface area contributed by atoms with Crippen molar-refractivity contribution >= 4 is 26.8 Å². The molecule has 0 spiro atoms. The number of fused-ring (bicyclic) bond motifs is 1. The van der Waals surface area contributed by atoms with Crippen LogP contribution in [0.4, 0.5) is 5.69 Å². The lowest BCUT2D eigenvalue weighted by molar-refractivity contribution is 0.588. The van der Waals surface area contributed by atoms with Crippen LogP contribution in [0.15, 0.2) is 58.2 Å². The van der Waals surface area contributed by atoms with Gasteiger partial charge in [0.1, 0.15) is 5.52 Å². The zero-order valence-corrected chi connectivity index (χ0v) is 13.2. The summed E-state index contributed by atoms with van der Waals surface area (Å²) in [6.07, 6.45) is 1.30. The second kappa shape index (κ2) is 5.46. The van der Waals surface area contributed by atoms with E-state index in [4.69, 9.17) is 4.42 Å². The summed E-state index contributed by atoms with van der Waals surface area (Å²) in [5.74, 6) is 0. The Morgan fingerprint density at radius 1 is 1.18 bits per heavy atom. The first-order chi connectivity index (χ1) is 10.5. The van der Waals surface area contributed by atoms with E-state index in [0.717, 1.165) is 5.56 Å². The van der Waals surface area contributed by atoms with Crippen LogP contribution in [-0.2, 0) is 10.0 Å². The number of benzene rings is 2. The minimum atomic E-state index is -3.64. The van der Waals surface area contributed by atoms with Gasteiger partial charge in [0.05, 0.1) is 10.6 Å². The first kappa shape index (κ1) is 14.6. The fourth-order valence-electron chi connectivity index (χ4n) is 2.40. The summed E-state index contributed by atoms with van der Waals surface area (Å²) in [6, 6.07) is 12.1. The van der Waals surface area contributed by atoms with E-state index in [1.54, 1.807) is 18.2 Å². The summed E-state index contributed by atoms with van der Waals surface area (Å²) >= 11 is 0. The van der Waals surface area contributed by atoms with Crippen molar-refractivity contribution in [2.24, 2.45) is 0 Å². The van der Waals surface area contributed by atoms with Gasteiger partial charge in [-0.05, 0) is 43.7 Å². The number of nitrogens with zero attached hydrogens (tertiary/aromatic N) is 2.